The smallest absolute Gasteiger partial charge is 0.256 e. The maximum absolute atomic E-state index is 13.7. The number of carbonyl (C=O) groups excluding carboxylic acids is 1. The minimum atomic E-state index is -3.69. The first-order valence-corrected chi connectivity index (χ1v) is 15.4. The van der Waals surface area contributed by atoms with Gasteiger partial charge >= 0.3 is 0 Å². The minimum Gasteiger partial charge on any atom is -0.379 e. The monoisotopic (exact) mass is 600 g/mol. The van der Waals surface area contributed by atoms with Gasteiger partial charge in [-0.15, -0.1) is 5.10 Å². The molecule has 1 aliphatic rings. The van der Waals surface area contributed by atoms with E-state index in [1.54, 1.807) is 34.0 Å². The number of piperazine rings is 1. The molecule has 1 N–H and O–H groups in total. The Morgan fingerprint density at radius 3 is 2.40 bits per heavy atom. The zero-order chi connectivity index (χ0) is 29.3. The molecular weight excluding hydrogens is 572 g/mol. The maximum atomic E-state index is 13.7. The highest BCUT2D eigenvalue weighted by Gasteiger charge is 2.31. The Labute approximate surface area is 249 Å². The van der Waals surface area contributed by atoms with Crippen LogP contribution in [0.25, 0.3) is 16.5 Å². The molecule has 0 aliphatic carbocycles. The number of aromatic nitrogens is 3. The molecule has 1 aliphatic heterocycles. The van der Waals surface area contributed by atoms with Crippen LogP contribution in [0.1, 0.15) is 21.6 Å². The van der Waals surface area contributed by atoms with E-state index >= 15 is 0 Å². The second-order valence-electron chi connectivity index (χ2n) is 10.2. The van der Waals surface area contributed by atoms with Gasteiger partial charge in [0.05, 0.1) is 28.9 Å². The van der Waals surface area contributed by atoms with Crippen molar-refractivity contribution >= 4 is 44.0 Å². The van der Waals surface area contributed by atoms with Crippen LogP contribution >= 0.6 is 11.6 Å². The van der Waals surface area contributed by atoms with Crippen molar-refractivity contribution in [2.75, 3.05) is 31.5 Å². The number of nitrogens with one attached hydrogen (secondary N) is 1. The number of sulfonamides is 1. The van der Waals surface area contributed by atoms with Crippen LogP contribution < -0.4 is 5.32 Å². The highest BCUT2D eigenvalue weighted by Crippen LogP contribution is 2.24. The largest absolute Gasteiger partial charge is 0.379 e. The van der Waals surface area contributed by atoms with E-state index in [0.717, 1.165) is 22.0 Å². The number of hydrogen-bond donors (Lipinski definition) is 1. The number of fused-ring (bicyclic) bond motifs is 1. The molecule has 1 saturated heterocycles. The summed E-state index contributed by atoms with van der Waals surface area (Å²) in [5.41, 5.74) is 3.69. The quantitative estimate of drug-likeness (QED) is 0.278. The molecule has 42 heavy (non-hydrogen) atoms. The van der Waals surface area contributed by atoms with Gasteiger partial charge in [-0.1, -0.05) is 53.2 Å². The molecule has 0 spiro atoms. The van der Waals surface area contributed by atoms with E-state index in [2.05, 4.69) is 15.6 Å². The van der Waals surface area contributed by atoms with Crippen molar-refractivity contribution in [3.63, 3.8) is 0 Å². The molecule has 0 atom stereocenters. The summed E-state index contributed by atoms with van der Waals surface area (Å²) >= 11 is 5.97. The van der Waals surface area contributed by atoms with Crippen molar-refractivity contribution in [3.8, 4) is 5.69 Å². The van der Waals surface area contributed by atoms with Crippen LogP contribution in [0.2, 0.25) is 5.02 Å². The number of carbonyl (C=O) groups is 1. The third-order valence-electron chi connectivity index (χ3n) is 7.37. The van der Waals surface area contributed by atoms with Gasteiger partial charge in [-0.05, 0) is 71.8 Å². The second kappa shape index (κ2) is 11.6. The van der Waals surface area contributed by atoms with Gasteiger partial charge < -0.3 is 10.2 Å². The van der Waals surface area contributed by atoms with Gasteiger partial charge in [0.25, 0.3) is 5.91 Å². The predicted molar refractivity (Wildman–Crippen MR) is 163 cm³/mol. The summed E-state index contributed by atoms with van der Waals surface area (Å²) in [6.07, 6.45) is 1.79. The van der Waals surface area contributed by atoms with Gasteiger partial charge in [-0.3, -0.25) is 4.79 Å². The summed E-state index contributed by atoms with van der Waals surface area (Å²) in [4.78, 5) is 15.6. The van der Waals surface area contributed by atoms with Crippen LogP contribution in [0, 0.1) is 6.92 Å². The number of aryl methyl sites for hydroxylation is 1. The molecule has 2 heterocycles. The van der Waals surface area contributed by atoms with Gasteiger partial charge in [0.1, 0.15) is 5.69 Å². The SMILES string of the molecule is Cc1ccc(C(=O)N2CCN(S(=O)(=O)c3ccc4ccccc4c3)CC2)c(-n2cc(CNc3ccc(Cl)cc3)nn2)c1. The van der Waals surface area contributed by atoms with Crippen LogP contribution in [0.5, 0.6) is 0 Å². The molecular formula is C31H29ClN6O3S. The molecule has 5 aromatic rings. The van der Waals surface area contributed by atoms with Crippen molar-refractivity contribution in [2.45, 2.75) is 18.4 Å². The Morgan fingerprint density at radius 2 is 1.64 bits per heavy atom. The number of rotatable bonds is 7. The van der Waals surface area contributed by atoms with Crippen molar-refractivity contribution in [1.29, 1.82) is 0 Å². The highest BCUT2D eigenvalue weighted by atomic mass is 35.5. The van der Waals surface area contributed by atoms with E-state index < -0.39 is 10.0 Å². The van der Waals surface area contributed by atoms with Crippen LogP contribution in [0.4, 0.5) is 5.69 Å². The fraction of sp³-hybridized carbons (Fsp3) is 0.194. The maximum Gasteiger partial charge on any atom is 0.256 e. The molecule has 1 amide bonds. The van der Waals surface area contributed by atoms with E-state index in [1.807, 2.05) is 73.7 Å². The predicted octanol–water partition coefficient (Wildman–Crippen LogP) is 5.14. The summed E-state index contributed by atoms with van der Waals surface area (Å²) in [7, 11) is -3.69. The zero-order valence-electron chi connectivity index (χ0n) is 22.9. The lowest BCUT2D eigenvalue weighted by Gasteiger charge is -2.34. The number of benzene rings is 4. The third kappa shape index (κ3) is 5.74. The lowest BCUT2D eigenvalue weighted by Crippen LogP contribution is -2.50. The van der Waals surface area contributed by atoms with E-state index in [0.29, 0.717) is 28.5 Å². The first-order valence-electron chi connectivity index (χ1n) is 13.6. The minimum absolute atomic E-state index is 0.177. The lowest BCUT2D eigenvalue weighted by atomic mass is 10.1. The van der Waals surface area contributed by atoms with E-state index in [9.17, 15) is 13.2 Å². The Bertz CT molecular complexity index is 1870. The average Bonchev–Trinajstić information content (AvgIpc) is 3.49. The Kier molecular flexibility index (Phi) is 7.68. The number of halogens is 1. The topological polar surface area (TPSA) is 100 Å². The van der Waals surface area contributed by atoms with Crippen molar-refractivity contribution in [3.05, 3.63) is 113 Å². The molecule has 0 unspecified atom stereocenters. The first-order chi connectivity index (χ1) is 20.3. The first kappa shape index (κ1) is 27.9. The normalized spacial score (nSPS) is 14.3. The fourth-order valence-electron chi connectivity index (χ4n) is 5.05. The van der Waals surface area contributed by atoms with Crippen LogP contribution in [0.15, 0.2) is 96.0 Å². The molecule has 6 rings (SSSR count). The van der Waals surface area contributed by atoms with Crippen LogP contribution in [0.3, 0.4) is 0 Å². The van der Waals surface area contributed by atoms with E-state index in [1.165, 1.54) is 4.31 Å². The number of amides is 1. The molecule has 9 nitrogen and oxygen atoms in total. The van der Waals surface area contributed by atoms with Crippen molar-refractivity contribution in [2.24, 2.45) is 0 Å². The summed E-state index contributed by atoms with van der Waals surface area (Å²) < 4.78 is 29.9. The van der Waals surface area contributed by atoms with E-state index in [4.69, 9.17) is 11.6 Å². The fourth-order valence-corrected chi connectivity index (χ4v) is 6.63. The van der Waals surface area contributed by atoms with Crippen molar-refractivity contribution in [1.82, 2.24) is 24.2 Å². The van der Waals surface area contributed by atoms with Gasteiger partial charge in [0, 0.05) is 36.9 Å². The third-order valence-corrected chi connectivity index (χ3v) is 9.52. The van der Waals surface area contributed by atoms with Crippen LogP contribution in [-0.4, -0.2) is 64.7 Å². The molecule has 4 aromatic carbocycles. The average molecular weight is 601 g/mol. The Balaban J connectivity index is 1.15. The summed E-state index contributed by atoms with van der Waals surface area (Å²) in [5, 5.41) is 14.4. The standard InChI is InChI=1S/C31H29ClN6O3S/c1-22-6-13-29(30(18-22)38-21-27(34-35-38)20-33-26-10-8-25(32)9-11-26)31(39)36-14-16-37(17-15-36)42(40,41)28-12-7-23-4-2-3-5-24(23)19-28/h2-13,18-19,21,33H,14-17,20H2,1H3. The van der Waals surface area contributed by atoms with Gasteiger partial charge in [0.15, 0.2) is 0 Å². The number of anilines is 1. The zero-order valence-corrected chi connectivity index (χ0v) is 24.5. The number of nitrogens with zero attached hydrogens (tertiary/aromatic N) is 5. The summed E-state index contributed by atoms with van der Waals surface area (Å²) in [5.74, 6) is -0.177. The molecule has 1 aromatic heterocycles. The van der Waals surface area contributed by atoms with Crippen molar-refractivity contribution < 1.29 is 13.2 Å². The molecule has 0 saturated carbocycles. The Morgan fingerprint density at radius 1 is 0.905 bits per heavy atom. The molecule has 1 fully saturated rings. The number of hydrogen-bond acceptors (Lipinski definition) is 6. The summed E-state index contributed by atoms with van der Waals surface area (Å²) in [6.45, 7) is 3.40. The lowest BCUT2D eigenvalue weighted by molar-refractivity contribution is 0.0697. The molecule has 214 valence electrons. The van der Waals surface area contributed by atoms with Gasteiger partial charge in [0.2, 0.25) is 10.0 Å². The molecule has 0 radical (unpaired) electrons. The molecule has 11 heteroatoms. The van der Waals surface area contributed by atoms with Crippen LogP contribution in [-0.2, 0) is 16.6 Å². The van der Waals surface area contributed by atoms with Gasteiger partial charge in [-0.25, -0.2) is 13.1 Å². The van der Waals surface area contributed by atoms with E-state index in [-0.39, 0.29) is 37.0 Å². The molecule has 0 bridgehead atoms. The second-order valence-corrected chi connectivity index (χ2v) is 12.6. The highest BCUT2D eigenvalue weighted by molar-refractivity contribution is 7.89. The Hall–Kier alpha value is -4.25. The summed E-state index contributed by atoms with van der Waals surface area (Å²) in [6, 6.07) is 25.8. The van der Waals surface area contributed by atoms with Gasteiger partial charge in [-0.2, -0.15) is 4.31 Å².